The highest BCUT2D eigenvalue weighted by Crippen LogP contribution is 2.06. The molecule has 0 spiro atoms. The molecule has 0 saturated heterocycles. The summed E-state index contributed by atoms with van der Waals surface area (Å²) in [6, 6.07) is 0.595. The zero-order valence-corrected chi connectivity index (χ0v) is 12.6. The standard InChI is InChI=1S/C13H29NO3S/c1-3-5-7-10-13(4-2)14-11-8-6-9-12-18(15,16)17/h13-14H,3-12H2,1-2H3,(H,15,16,17). The Morgan fingerprint density at radius 3 is 2.33 bits per heavy atom. The van der Waals surface area contributed by atoms with Gasteiger partial charge in [0.2, 0.25) is 0 Å². The van der Waals surface area contributed by atoms with Crippen LogP contribution in [0.4, 0.5) is 0 Å². The molecule has 4 nitrogen and oxygen atoms in total. The van der Waals surface area contributed by atoms with Gasteiger partial charge in [-0.15, -0.1) is 0 Å². The van der Waals surface area contributed by atoms with Gasteiger partial charge in [0.05, 0.1) is 5.75 Å². The van der Waals surface area contributed by atoms with Gasteiger partial charge in [0, 0.05) is 6.04 Å². The smallest absolute Gasteiger partial charge is 0.264 e. The first-order valence-electron chi connectivity index (χ1n) is 7.18. The Hall–Kier alpha value is -0.130. The van der Waals surface area contributed by atoms with Gasteiger partial charge in [-0.25, -0.2) is 0 Å². The van der Waals surface area contributed by atoms with E-state index in [1.54, 1.807) is 0 Å². The highest BCUT2D eigenvalue weighted by Gasteiger charge is 2.05. The lowest BCUT2D eigenvalue weighted by atomic mass is 10.1. The van der Waals surface area contributed by atoms with E-state index in [1.807, 2.05) is 0 Å². The van der Waals surface area contributed by atoms with Crippen molar-refractivity contribution in [1.29, 1.82) is 0 Å². The van der Waals surface area contributed by atoms with Crippen molar-refractivity contribution >= 4 is 10.1 Å². The molecular formula is C13H29NO3S. The van der Waals surface area contributed by atoms with Crippen LogP contribution in [0.2, 0.25) is 0 Å². The molecular weight excluding hydrogens is 250 g/mol. The molecule has 0 fully saturated rings. The van der Waals surface area contributed by atoms with Crippen LogP contribution in [-0.2, 0) is 10.1 Å². The van der Waals surface area contributed by atoms with E-state index in [9.17, 15) is 8.42 Å². The molecule has 0 aromatic carbocycles. The second kappa shape index (κ2) is 10.8. The fraction of sp³-hybridized carbons (Fsp3) is 1.00. The molecule has 18 heavy (non-hydrogen) atoms. The van der Waals surface area contributed by atoms with E-state index in [0.29, 0.717) is 12.5 Å². The number of nitrogens with one attached hydrogen (secondary N) is 1. The maximum Gasteiger partial charge on any atom is 0.264 e. The van der Waals surface area contributed by atoms with E-state index in [2.05, 4.69) is 19.2 Å². The topological polar surface area (TPSA) is 66.4 Å². The summed E-state index contributed by atoms with van der Waals surface area (Å²) in [4.78, 5) is 0. The summed E-state index contributed by atoms with van der Waals surface area (Å²) in [5.41, 5.74) is 0. The Morgan fingerprint density at radius 1 is 1.06 bits per heavy atom. The maximum absolute atomic E-state index is 10.5. The molecule has 0 aliphatic rings. The normalized spacial score (nSPS) is 13.7. The van der Waals surface area contributed by atoms with Crippen molar-refractivity contribution in [1.82, 2.24) is 5.32 Å². The summed E-state index contributed by atoms with van der Waals surface area (Å²) in [6.07, 6.45) is 8.58. The Kier molecular flexibility index (Phi) is 10.7. The fourth-order valence-corrected chi connectivity index (χ4v) is 2.55. The Balaban J connectivity index is 3.44. The van der Waals surface area contributed by atoms with E-state index < -0.39 is 10.1 Å². The molecule has 0 radical (unpaired) electrons. The molecule has 2 N–H and O–H groups in total. The lowest BCUT2D eigenvalue weighted by molar-refractivity contribution is 0.439. The molecule has 0 rings (SSSR count). The third-order valence-corrected chi connectivity index (χ3v) is 3.97. The van der Waals surface area contributed by atoms with E-state index in [4.69, 9.17) is 4.55 Å². The zero-order chi connectivity index (χ0) is 13.9. The van der Waals surface area contributed by atoms with Crippen LogP contribution in [0, 0.1) is 0 Å². The van der Waals surface area contributed by atoms with Gasteiger partial charge >= 0.3 is 0 Å². The largest absolute Gasteiger partial charge is 0.314 e. The first-order chi connectivity index (χ1) is 8.49. The van der Waals surface area contributed by atoms with Crippen molar-refractivity contribution in [3.8, 4) is 0 Å². The highest BCUT2D eigenvalue weighted by molar-refractivity contribution is 7.85. The van der Waals surface area contributed by atoms with Gasteiger partial charge < -0.3 is 5.32 Å². The van der Waals surface area contributed by atoms with Crippen LogP contribution in [0.3, 0.4) is 0 Å². The minimum absolute atomic E-state index is 0.110. The third kappa shape index (κ3) is 12.3. The van der Waals surface area contributed by atoms with Gasteiger partial charge in [-0.3, -0.25) is 4.55 Å². The van der Waals surface area contributed by atoms with Gasteiger partial charge in [-0.1, -0.05) is 39.5 Å². The van der Waals surface area contributed by atoms with Crippen molar-refractivity contribution in [3.05, 3.63) is 0 Å². The molecule has 0 aromatic heterocycles. The van der Waals surface area contributed by atoms with E-state index >= 15 is 0 Å². The number of rotatable bonds is 12. The molecule has 1 unspecified atom stereocenters. The van der Waals surface area contributed by atoms with Gasteiger partial charge in [-0.05, 0) is 32.2 Å². The van der Waals surface area contributed by atoms with E-state index in [0.717, 1.165) is 25.8 Å². The lowest BCUT2D eigenvalue weighted by Gasteiger charge is -2.16. The van der Waals surface area contributed by atoms with E-state index in [-0.39, 0.29) is 5.75 Å². The highest BCUT2D eigenvalue weighted by atomic mass is 32.2. The zero-order valence-electron chi connectivity index (χ0n) is 11.8. The second-order valence-electron chi connectivity index (χ2n) is 4.90. The molecule has 0 saturated carbocycles. The van der Waals surface area contributed by atoms with Crippen molar-refractivity contribution < 1.29 is 13.0 Å². The van der Waals surface area contributed by atoms with Crippen LogP contribution >= 0.6 is 0 Å². The predicted molar refractivity (Wildman–Crippen MR) is 76.5 cm³/mol. The average molecular weight is 279 g/mol. The van der Waals surface area contributed by atoms with Crippen LogP contribution < -0.4 is 5.32 Å². The van der Waals surface area contributed by atoms with Crippen LogP contribution in [0.25, 0.3) is 0 Å². The quantitative estimate of drug-likeness (QED) is 0.426. The lowest BCUT2D eigenvalue weighted by Crippen LogP contribution is -2.29. The molecule has 5 heteroatoms. The predicted octanol–water partition coefficient (Wildman–Crippen LogP) is 2.99. The van der Waals surface area contributed by atoms with Crippen molar-refractivity contribution in [2.24, 2.45) is 0 Å². The maximum atomic E-state index is 10.5. The van der Waals surface area contributed by atoms with Crippen molar-refractivity contribution in [2.45, 2.75) is 71.3 Å². The van der Waals surface area contributed by atoms with Gasteiger partial charge in [0.15, 0.2) is 0 Å². The van der Waals surface area contributed by atoms with Crippen LogP contribution in [0.15, 0.2) is 0 Å². The van der Waals surface area contributed by atoms with Crippen LogP contribution in [0.1, 0.15) is 65.2 Å². The third-order valence-electron chi connectivity index (χ3n) is 3.16. The van der Waals surface area contributed by atoms with Crippen molar-refractivity contribution in [2.75, 3.05) is 12.3 Å². The summed E-state index contributed by atoms with van der Waals surface area (Å²) >= 11 is 0. The molecule has 0 aliphatic carbocycles. The van der Waals surface area contributed by atoms with Crippen LogP contribution in [0.5, 0.6) is 0 Å². The number of hydrogen-bond acceptors (Lipinski definition) is 3. The summed E-state index contributed by atoms with van der Waals surface area (Å²) in [5.74, 6) is -0.110. The molecule has 0 bridgehead atoms. The number of unbranched alkanes of at least 4 members (excludes halogenated alkanes) is 4. The molecule has 1 atom stereocenters. The Bertz CT molecular complexity index is 278. The molecule has 0 amide bonds. The summed E-state index contributed by atoms with van der Waals surface area (Å²) in [5, 5.41) is 3.51. The Morgan fingerprint density at radius 2 is 1.78 bits per heavy atom. The molecule has 0 aromatic rings. The summed E-state index contributed by atoms with van der Waals surface area (Å²) in [7, 11) is -3.77. The minimum Gasteiger partial charge on any atom is -0.314 e. The van der Waals surface area contributed by atoms with Crippen LogP contribution in [-0.4, -0.2) is 31.3 Å². The molecule has 0 heterocycles. The van der Waals surface area contributed by atoms with Gasteiger partial charge in [0.25, 0.3) is 10.1 Å². The van der Waals surface area contributed by atoms with E-state index in [1.165, 1.54) is 25.7 Å². The minimum atomic E-state index is -3.77. The first-order valence-corrected chi connectivity index (χ1v) is 8.79. The summed E-state index contributed by atoms with van der Waals surface area (Å²) < 4.78 is 29.6. The number of hydrogen-bond donors (Lipinski definition) is 2. The summed E-state index contributed by atoms with van der Waals surface area (Å²) in [6.45, 7) is 5.35. The average Bonchev–Trinajstić information content (AvgIpc) is 2.30. The fourth-order valence-electron chi connectivity index (χ4n) is 1.98. The molecule has 110 valence electrons. The SMILES string of the molecule is CCCCCC(CC)NCCCCCS(=O)(=O)O. The Labute approximate surface area is 112 Å². The second-order valence-corrected chi connectivity index (χ2v) is 6.47. The monoisotopic (exact) mass is 279 g/mol. The van der Waals surface area contributed by atoms with Crippen molar-refractivity contribution in [3.63, 3.8) is 0 Å². The van der Waals surface area contributed by atoms with Gasteiger partial charge in [0.1, 0.15) is 0 Å². The molecule has 0 aliphatic heterocycles. The first kappa shape index (κ1) is 17.9. The van der Waals surface area contributed by atoms with Gasteiger partial charge in [-0.2, -0.15) is 8.42 Å².